The van der Waals surface area contributed by atoms with Gasteiger partial charge in [0.05, 0.1) is 11.6 Å². The Morgan fingerprint density at radius 1 is 1.20 bits per heavy atom. The van der Waals surface area contributed by atoms with Crippen molar-refractivity contribution in [1.29, 1.82) is 5.26 Å². The summed E-state index contributed by atoms with van der Waals surface area (Å²) in [5, 5.41) is 12.8. The Labute approximate surface area is 94.7 Å². The van der Waals surface area contributed by atoms with Crippen LogP contribution in [0.5, 0.6) is 0 Å². The molecule has 0 amide bonds. The Kier molecular flexibility index (Phi) is 3.65. The standard InChI is InChI=1S/C12H14N2S/c13-9-10-1-3-11(4-2-10)15-12-5-7-14-8-6-12/h1-4,12,14H,5-8H2. The van der Waals surface area contributed by atoms with Crippen molar-refractivity contribution in [3.8, 4) is 6.07 Å². The molecule has 2 nitrogen and oxygen atoms in total. The van der Waals surface area contributed by atoms with Gasteiger partial charge in [0.15, 0.2) is 0 Å². The fourth-order valence-corrected chi connectivity index (χ4v) is 2.86. The lowest BCUT2D eigenvalue weighted by molar-refractivity contribution is 0.531. The highest BCUT2D eigenvalue weighted by Crippen LogP contribution is 2.28. The van der Waals surface area contributed by atoms with Crippen molar-refractivity contribution in [2.24, 2.45) is 0 Å². The fourth-order valence-electron chi connectivity index (χ4n) is 1.71. The van der Waals surface area contributed by atoms with Crippen LogP contribution in [0.2, 0.25) is 0 Å². The number of piperidine rings is 1. The number of thioether (sulfide) groups is 1. The molecule has 1 fully saturated rings. The quantitative estimate of drug-likeness (QED) is 0.828. The number of nitriles is 1. The first-order valence-corrected chi connectivity index (χ1v) is 6.14. The molecule has 1 aliphatic heterocycles. The molecule has 1 aromatic rings. The van der Waals surface area contributed by atoms with Crippen LogP contribution in [0.4, 0.5) is 0 Å². The third-order valence-corrected chi connectivity index (χ3v) is 3.92. The van der Waals surface area contributed by atoms with Crippen LogP contribution < -0.4 is 5.32 Å². The molecule has 1 heterocycles. The molecule has 0 unspecified atom stereocenters. The molecule has 0 saturated carbocycles. The molecule has 1 N–H and O–H groups in total. The number of hydrogen-bond donors (Lipinski definition) is 1. The van der Waals surface area contributed by atoms with E-state index in [-0.39, 0.29) is 0 Å². The minimum absolute atomic E-state index is 0.735. The fraction of sp³-hybridized carbons (Fsp3) is 0.417. The van der Waals surface area contributed by atoms with E-state index in [1.54, 1.807) is 0 Å². The molecule has 2 rings (SSSR count). The normalized spacial score (nSPS) is 17.3. The largest absolute Gasteiger partial charge is 0.317 e. The predicted molar refractivity (Wildman–Crippen MR) is 62.9 cm³/mol. The lowest BCUT2D eigenvalue weighted by atomic mass is 10.2. The van der Waals surface area contributed by atoms with Crippen LogP contribution in [-0.2, 0) is 0 Å². The van der Waals surface area contributed by atoms with Gasteiger partial charge in [0, 0.05) is 10.1 Å². The maximum atomic E-state index is 8.68. The maximum Gasteiger partial charge on any atom is 0.0991 e. The summed E-state index contributed by atoms with van der Waals surface area (Å²) in [6, 6.07) is 10.0. The summed E-state index contributed by atoms with van der Waals surface area (Å²) in [5.41, 5.74) is 0.740. The summed E-state index contributed by atoms with van der Waals surface area (Å²) >= 11 is 1.93. The SMILES string of the molecule is N#Cc1ccc(SC2CCNCC2)cc1. The molecule has 0 radical (unpaired) electrons. The first-order valence-electron chi connectivity index (χ1n) is 5.26. The van der Waals surface area contributed by atoms with Crippen molar-refractivity contribution in [2.45, 2.75) is 23.0 Å². The average molecular weight is 218 g/mol. The topological polar surface area (TPSA) is 35.8 Å². The second-order valence-electron chi connectivity index (χ2n) is 3.70. The zero-order valence-corrected chi connectivity index (χ0v) is 9.39. The molecule has 78 valence electrons. The summed E-state index contributed by atoms with van der Waals surface area (Å²) in [4.78, 5) is 1.28. The highest BCUT2D eigenvalue weighted by Gasteiger charge is 2.13. The monoisotopic (exact) mass is 218 g/mol. The van der Waals surface area contributed by atoms with E-state index >= 15 is 0 Å². The van der Waals surface area contributed by atoms with Crippen LogP contribution in [0.15, 0.2) is 29.2 Å². The summed E-state index contributed by atoms with van der Waals surface area (Å²) in [7, 11) is 0. The van der Waals surface area contributed by atoms with Crippen molar-refractivity contribution in [3.63, 3.8) is 0 Å². The predicted octanol–water partition coefficient (Wildman–Crippen LogP) is 2.40. The van der Waals surface area contributed by atoms with Crippen molar-refractivity contribution in [1.82, 2.24) is 5.32 Å². The van der Waals surface area contributed by atoms with Crippen LogP contribution in [0, 0.1) is 11.3 Å². The number of nitrogens with zero attached hydrogens (tertiary/aromatic N) is 1. The van der Waals surface area contributed by atoms with E-state index in [0.717, 1.165) is 23.9 Å². The highest BCUT2D eigenvalue weighted by molar-refractivity contribution is 8.00. The minimum atomic E-state index is 0.735. The Morgan fingerprint density at radius 3 is 2.47 bits per heavy atom. The Morgan fingerprint density at radius 2 is 1.87 bits per heavy atom. The van der Waals surface area contributed by atoms with E-state index in [2.05, 4.69) is 11.4 Å². The third kappa shape index (κ3) is 2.98. The zero-order valence-electron chi connectivity index (χ0n) is 8.57. The van der Waals surface area contributed by atoms with Crippen molar-refractivity contribution < 1.29 is 0 Å². The Balaban J connectivity index is 1.95. The van der Waals surface area contributed by atoms with Crippen LogP contribution in [0.3, 0.4) is 0 Å². The van der Waals surface area contributed by atoms with Crippen molar-refractivity contribution in [2.75, 3.05) is 13.1 Å². The summed E-state index contributed by atoms with van der Waals surface area (Å²) in [6.07, 6.45) is 2.48. The number of rotatable bonds is 2. The summed E-state index contributed by atoms with van der Waals surface area (Å²) < 4.78 is 0. The molecular formula is C12H14N2S. The molecule has 0 aliphatic carbocycles. The van der Waals surface area contributed by atoms with Gasteiger partial charge in [-0.3, -0.25) is 0 Å². The van der Waals surface area contributed by atoms with Crippen LogP contribution >= 0.6 is 11.8 Å². The van der Waals surface area contributed by atoms with Crippen molar-refractivity contribution in [3.05, 3.63) is 29.8 Å². The van der Waals surface area contributed by atoms with E-state index < -0.39 is 0 Å². The molecule has 0 spiro atoms. The highest BCUT2D eigenvalue weighted by atomic mass is 32.2. The van der Waals surface area contributed by atoms with Gasteiger partial charge in [-0.05, 0) is 50.2 Å². The summed E-state index contributed by atoms with van der Waals surface area (Å²) in [6.45, 7) is 2.27. The maximum absolute atomic E-state index is 8.68. The number of hydrogen-bond acceptors (Lipinski definition) is 3. The first kappa shape index (κ1) is 10.5. The Hall–Kier alpha value is -0.980. The van der Waals surface area contributed by atoms with Gasteiger partial charge in [0.25, 0.3) is 0 Å². The van der Waals surface area contributed by atoms with Crippen LogP contribution in [-0.4, -0.2) is 18.3 Å². The zero-order chi connectivity index (χ0) is 10.5. The minimum Gasteiger partial charge on any atom is -0.317 e. The van der Waals surface area contributed by atoms with Gasteiger partial charge in [0.1, 0.15) is 0 Å². The van der Waals surface area contributed by atoms with Crippen LogP contribution in [0.25, 0.3) is 0 Å². The molecule has 1 aromatic carbocycles. The van der Waals surface area contributed by atoms with Crippen LogP contribution in [0.1, 0.15) is 18.4 Å². The molecule has 1 aliphatic rings. The number of nitrogens with one attached hydrogen (secondary N) is 1. The van der Waals surface area contributed by atoms with Gasteiger partial charge in [-0.1, -0.05) is 0 Å². The average Bonchev–Trinajstić information content (AvgIpc) is 2.31. The second-order valence-corrected chi connectivity index (χ2v) is 5.08. The smallest absolute Gasteiger partial charge is 0.0991 e. The molecule has 3 heteroatoms. The third-order valence-electron chi connectivity index (χ3n) is 2.57. The Bertz CT molecular complexity index is 347. The lowest BCUT2D eigenvalue weighted by Crippen LogP contribution is -2.29. The lowest BCUT2D eigenvalue weighted by Gasteiger charge is -2.21. The van der Waals surface area contributed by atoms with E-state index in [1.807, 2.05) is 36.0 Å². The van der Waals surface area contributed by atoms with Crippen molar-refractivity contribution >= 4 is 11.8 Å². The first-order chi connectivity index (χ1) is 7.38. The molecule has 0 aromatic heterocycles. The molecule has 0 bridgehead atoms. The van der Waals surface area contributed by atoms with Gasteiger partial charge < -0.3 is 5.32 Å². The van der Waals surface area contributed by atoms with E-state index in [1.165, 1.54) is 17.7 Å². The van der Waals surface area contributed by atoms with E-state index in [0.29, 0.717) is 0 Å². The number of benzene rings is 1. The van der Waals surface area contributed by atoms with Gasteiger partial charge in [0.2, 0.25) is 0 Å². The molecule has 15 heavy (non-hydrogen) atoms. The van der Waals surface area contributed by atoms with Gasteiger partial charge in [-0.25, -0.2) is 0 Å². The van der Waals surface area contributed by atoms with E-state index in [4.69, 9.17) is 5.26 Å². The summed E-state index contributed by atoms with van der Waals surface area (Å²) in [5.74, 6) is 0. The van der Waals surface area contributed by atoms with Gasteiger partial charge in [-0.2, -0.15) is 5.26 Å². The molecule has 1 saturated heterocycles. The molecular weight excluding hydrogens is 204 g/mol. The molecule has 0 atom stereocenters. The van der Waals surface area contributed by atoms with Gasteiger partial charge in [-0.15, -0.1) is 11.8 Å². The van der Waals surface area contributed by atoms with Gasteiger partial charge >= 0.3 is 0 Å². The second kappa shape index (κ2) is 5.20. The van der Waals surface area contributed by atoms with E-state index in [9.17, 15) is 0 Å².